The summed E-state index contributed by atoms with van der Waals surface area (Å²) in [6, 6.07) is 13.1. The monoisotopic (exact) mass is 355 g/mol. The summed E-state index contributed by atoms with van der Waals surface area (Å²) in [5.74, 6) is 0.742. The molecule has 0 aromatic heterocycles. The number of morpholine rings is 1. The highest BCUT2D eigenvalue weighted by atomic mass is 16.5. The van der Waals surface area contributed by atoms with E-state index in [1.54, 1.807) is 12.0 Å². The van der Waals surface area contributed by atoms with Crippen LogP contribution in [0.3, 0.4) is 0 Å². The molecule has 2 aromatic carbocycles. The second-order valence-electron chi connectivity index (χ2n) is 6.59. The van der Waals surface area contributed by atoms with Crippen LogP contribution in [-0.4, -0.2) is 48.9 Å². The van der Waals surface area contributed by atoms with Crippen LogP contribution in [0.5, 0.6) is 5.75 Å². The van der Waals surface area contributed by atoms with Crippen molar-refractivity contribution in [3.63, 3.8) is 0 Å². The Balaban J connectivity index is 1.98. The molecule has 3 rings (SSSR count). The molecule has 1 aliphatic heterocycles. The lowest BCUT2D eigenvalue weighted by Gasteiger charge is -2.41. The fourth-order valence-corrected chi connectivity index (χ4v) is 3.72. The van der Waals surface area contributed by atoms with Crippen molar-refractivity contribution in [3.05, 3.63) is 64.7 Å². The molecule has 138 valence electrons. The van der Waals surface area contributed by atoms with Gasteiger partial charge in [-0.15, -0.1) is 0 Å². The maximum Gasteiger partial charge on any atom is 0.254 e. The van der Waals surface area contributed by atoms with Crippen LogP contribution in [-0.2, 0) is 4.74 Å². The second kappa shape index (κ2) is 7.89. The Bertz CT molecular complexity index is 752. The number of aryl methyl sites for hydroxylation is 2. The number of hydrogen-bond donors (Lipinski definition) is 1. The molecule has 1 saturated heterocycles. The average Bonchev–Trinajstić information content (AvgIpc) is 2.67. The predicted octanol–water partition coefficient (Wildman–Crippen LogP) is 2.89. The van der Waals surface area contributed by atoms with Crippen molar-refractivity contribution in [2.75, 3.05) is 26.9 Å². The van der Waals surface area contributed by atoms with Gasteiger partial charge in [0.05, 0.1) is 26.4 Å². The lowest BCUT2D eigenvalue weighted by molar-refractivity contribution is -0.0811. The van der Waals surface area contributed by atoms with E-state index < -0.39 is 6.10 Å². The molecule has 0 saturated carbocycles. The zero-order chi connectivity index (χ0) is 18.7. The summed E-state index contributed by atoms with van der Waals surface area (Å²) in [4.78, 5) is 15.1. The van der Waals surface area contributed by atoms with Crippen LogP contribution >= 0.6 is 0 Å². The minimum Gasteiger partial charge on any atom is -0.496 e. The first-order valence-electron chi connectivity index (χ1n) is 8.80. The highest BCUT2D eigenvalue weighted by Crippen LogP contribution is 2.32. The summed E-state index contributed by atoms with van der Waals surface area (Å²) in [5, 5.41) is 9.77. The van der Waals surface area contributed by atoms with Crippen LogP contribution < -0.4 is 4.74 Å². The number of ether oxygens (including phenoxy) is 2. The molecule has 0 aliphatic carbocycles. The SMILES string of the molecule is COc1c(C)cc(C(=O)N2CCO[C@H](CO)[C@H]2c2ccccc2)cc1C. The van der Waals surface area contributed by atoms with Crippen molar-refractivity contribution in [2.24, 2.45) is 0 Å². The standard InChI is InChI=1S/C21H25NO4/c1-14-11-17(12-15(2)20(14)25-3)21(24)22-9-10-26-18(13-23)19(22)16-7-5-4-6-8-16/h4-8,11-12,18-19,23H,9-10,13H2,1-3H3/t18-,19-/m1/s1. The Morgan fingerprint density at radius 2 is 1.88 bits per heavy atom. The van der Waals surface area contributed by atoms with E-state index in [0.717, 1.165) is 22.4 Å². The minimum atomic E-state index is -0.435. The van der Waals surface area contributed by atoms with Crippen LogP contribution in [0.25, 0.3) is 0 Å². The van der Waals surface area contributed by atoms with E-state index in [4.69, 9.17) is 9.47 Å². The van der Waals surface area contributed by atoms with E-state index in [1.165, 1.54) is 0 Å². The van der Waals surface area contributed by atoms with Crippen molar-refractivity contribution in [2.45, 2.75) is 26.0 Å². The van der Waals surface area contributed by atoms with Gasteiger partial charge in [0, 0.05) is 12.1 Å². The van der Waals surface area contributed by atoms with Crippen molar-refractivity contribution < 1.29 is 19.4 Å². The number of hydrogen-bond acceptors (Lipinski definition) is 4. The molecule has 1 fully saturated rings. The average molecular weight is 355 g/mol. The minimum absolute atomic E-state index is 0.0607. The molecular weight excluding hydrogens is 330 g/mol. The molecule has 1 aliphatic rings. The first-order valence-corrected chi connectivity index (χ1v) is 8.80. The maximum absolute atomic E-state index is 13.3. The lowest BCUT2D eigenvalue weighted by Crippen LogP contribution is -2.49. The summed E-state index contributed by atoms with van der Waals surface area (Å²) >= 11 is 0. The highest BCUT2D eigenvalue weighted by molar-refractivity contribution is 5.95. The number of methoxy groups -OCH3 is 1. The summed E-state index contributed by atoms with van der Waals surface area (Å²) in [6.07, 6.45) is -0.435. The zero-order valence-corrected chi connectivity index (χ0v) is 15.4. The zero-order valence-electron chi connectivity index (χ0n) is 15.4. The Kier molecular flexibility index (Phi) is 5.59. The summed E-state index contributed by atoms with van der Waals surface area (Å²) in [6.45, 7) is 4.64. The van der Waals surface area contributed by atoms with Gasteiger partial charge in [-0.2, -0.15) is 0 Å². The number of carbonyl (C=O) groups excluding carboxylic acids is 1. The molecule has 0 bridgehead atoms. The largest absolute Gasteiger partial charge is 0.496 e. The van der Waals surface area contributed by atoms with Gasteiger partial charge >= 0.3 is 0 Å². The van der Waals surface area contributed by atoms with E-state index in [-0.39, 0.29) is 18.6 Å². The van der Waals surface area contributed by atoms with Gasteiger partial charge in [-0.1, -0.05) is 30.3 Å². The first-order chi connectivity index (χ1) is 12.6. The van der Waals surface area contributed by atoms with E-state index in [9.17, 15) is 9.90 Å². The molecular formula is C21H25NO4. The van der Waals surface area contributed by atoms with Crippen molar-refractivity contribution >= 4 is 5.91 Å². The topological polar surface area (TPSA) is 59.0 Å². The van der Waals surface area contributed by atoms with Crippen LogP contribution in [0.15, 0.2) is 42.5 Å². The smallest absolute Gasteiger partial charge is 0.254 e. The predicted molar refractivity (Wildman–Crippen MR) is 99.5 cm³/mol. The molecule has 0 spiro atoms. The van der Waals surface area contributed by atoms with Gasteiger partial charge in [0.2, 0.25) is 0 Å². The van der Waals surface area contributed by atoms with Crippen molar-refractivity contribution in [1.29, 1.82) is 0 Å². The maximum atomic E-state index is 13.3. The molecule has 5 heteroatoms. The van der Waals surface area contributed by atoms with Gasteiger partial charge in [0.25, 0.3) is 5.91 Å². The first kappa shape index (κ1) is 18.4. The lowest BCUT2D eigenvalue weighted by atomic mass is 9.96. The molecule has 1 N–H and O–H groups in total. The number of nitrogens with zero attached hydrogens (tertiary/aromatic N) is 1. The third-order valence-electron chi connectivity index (χ3n) is 4.85. The number of benzene rings is 2. The van der Waals surface area contributed by atoms with Gasteiger partial charge in [-0.05, 0) is 42.7 Å². The number of rotatable bonds is 4. The Morgan fingerprint density at radius 3 is 2.46 bits per heavy atom. The van der Waals surface area contributed by atoms with E-state index >= 15 is 0 Å². The Hall–Kier alpha value is -2.37. The molecule has 0 unspecified atom stereocenters. The third-order valence-corrected chi connectivity index (χ3v) is 4.85. The van der Waals surface area contributed by atoms with E-state index in [0.29, 0.717) is 18.7 Å². The normalized spacial score (nSPS) is 20.1. The van der Waals surface area contributed by atoms with E-state index in [1.807, 2.05) is 56.3 Å². The molecule has 2 atom stereocenters. The Morgan fingerprint density at radius 1 is 1.23 bits per heavy atom. The van der Waals surface area contributed by atoms with Gasteiger partial charge in [0.1, 0.15) is 11.9 Å². The fourth-order valence-electron chi connectivity index (χ4n) is 3.72. The number of aliphatic hydroxyl groups is 1. The summed E-state index contributed by atoms with van der Waals surface area (Å²) in [5.41, 5.74) is 3.44. The third kappa shape index (κ3) is 3.45. The second-order valence-corrected chi connectivity index (χ2v) is 6.59. The highest BCUT2D eigenvalue weighted by Gasteiger charge is 2.36. The molecule has 2 aromatic rings. The number of amides is 1. The molecule has 26 heavy (non-hydrogen) atoms. The number of aliphatic hydroxyl groups excluding tert-OH is 1. The molecule has 1 heterocycles. The van der Waals surface area contributed by atoms with Crippen molar-refractivity contribution in [3.8, 4) is 5.75 Å². The quantitative estimate of drug-likeness (QED) is 0.916. The van der Waals surface area contributed by atoms with Crippen molar-refractivity contribution in [1.82, 2.24) is 4.90 Å². The van der Waals surface area contributed by atoms with Gasteiger partial charge < -0.3 is 19.5 Å². The van der Waals surface area contributed by atoms with Gasteiger partial charge in [-0.25, -0.2) is 0 Å². The van der Waals surface area contributed by atoms with E-state index in [2.05, 4.69) is 0 Å². The molecule has 1 amide bonds. The Labute approximate surface area is 154 Å². The van der Waals surface area contributed by atoms with Gasteiger partial charge in [-0.3, -0.25) is 4.79 Å². The van der Waals surface area contributed by atoms with Gasteiger partial charge in [0.15, 0.2) is 0 Å². The van der Waals surface area contributed by atoms with Crippen LogP contribution in [0.1, 0.15) is 33.1 Å². The molecule has 0 radical (unpaired) electrons. The molecule has 5 nitrogen and oxygen atoms in total. The fraction of sp³-hybridized carbons (Fsp3) is 0.381. The van der Waals surface area contributed by atoms with Crippen LogP contribution in [0.2, 0.25) is 0 Å². The summed E-state index contributed by atoms with van der Waals surface area (Å²) < 4.78 is 11.1. The van der Waals surface area contributed by atoms with Crippen LogP contribution in [0.4, 0.5) is 0 Å². The number of carbonyl (C=O) groups is 1. The van der Waals surface area contributed by atoms with Crippen LogP contribution in [0, 0.1) is 13.8 Å². The summed E-state index contributed by atoms with van der Waals surface area (Å²) in [7, 11) is 1.64.